The maximum absolute atomic E-state index is 11.2. The fourth-order valence-electron chi connectivity index (χ4n) is 2.38. The van der Waals surface area contributed by atoms with E-state index in [-0.39, 0.29) is 11.9 Å². The number of ether oxygens (including phenoxy) is 1. The highest BCUT2D eigenvalue weighted by atomic mass is 16.5. The quantitative estimate of drug-likeness (QED) is 0.883. The maximum Gasteiger partial charge on any atom is 0.357 e. The highest BCUT2D eigenvalue weighted by Crippen LogP contribution is 2.27. The van der Waals surface area contributed by atoms with Gasteiger partial charge < -0.3 is 9.84 Å². The predicted molar refractivity (Wildman–Crippen MR) is 65.5 cm³/mol. The summed E-state index contributed by atoms with van der Waals surface area (Å²) in [5.41, 5.74) is 0.918. The summed E-state index contributed by atoms with van der Waals surface area (Å²) in [4.78, 5) is 11.2. The van der Waals surface area contributed by atoms with Crippen molar-refractivity contribution >= 4 is 16.9 Å². The van der Waals surface area contributed by atoms with Gasteiger partial charge in [-0.25, -0.2) is 9.48 Å². The number of para-hydroxylation sites is 1. The molecule has 2 aromatic rings. The number of hydrogen-bond donors (Lipinski definition) is 1. The Morgan fingerprint density at radius 1 is 1.39 bits per heavy atom. The highest BCUT2D eigenvalue weighted by molar-refractivity contribution is 6.01. The van der Waals surface area contributed by atoms with Crippen molar-refractivity contribution in [1.82, 2.24) is 9.78 Å². The summed E-state index contributed by atoms with van der Waals surface area (Å²) in [6, 6.07) is 7.37. The fourth-order valence-corrected chi connectivity index (χ4v) is 2.38. The second-order valence-electron chi connectivity index (χ2n) is 4.44. The minimum Gasteiger partial charge on any atom is -0.476 e. The van der Waals surface area contributed by atoms with Gasteiger partial charge in [0.15, 0.2) is 11.9 Å². The summed E-state index contributed by atoms with van der Waals surface area (Å²) in [6.45, 7) is 0.710. The number of benzene rings is 1. The van der Waals surface area contributed by atoms with E-state index in [9.17, 15) is 9.90 Å². The van der Waals surface area contributed by atoms with Gasteiger partial charge in [0, 0.05) is 12.0 Å². The second kappa shape index (κ2) is 4.42. The van der Waals surface area contributed by atoms with E-state index < -0.39 is 5.97 Å². The Morgan fingerprint density at radius 2 is 2.22 bits per heavy atom. The Labute approximate surface area is 104 Å². The first kappa shape index (κ1) is 11.2. The van der Waals surface area contributed by atoms with Gasteiger partial charge >= 0.3 is 5.97 Å². The maximum atomic E-state index is 11.2. The van der Waals surface area contributed by atoms with E-state index in [1.54, 1.807) is 10.7 Å². The molecule has 0 saturated carbocycles. The first-order valence-corrected chi connectivity index (χ1v) is 6.09. The van der Waals surface area contributed by atoms with E-state index >= 15 is 0 Å². The van der Waals surface area contributed by atoms with Crippen molar-refractivity contribution in [2.24, 2.45) is 0 Å². The molecule has 1 aliphatic heterocycles. The van der Waals surface area contributed by atoms with Gasteiger partial charge in [-0.15, -0.1) is 0 Å². The average Bonchev–Trinajstić information content (AvgIpc) is 2.79. The number of carboxylic acids is 1. The Bertz CT molecular complexity index is 585. The number of hydrogen-bond acceptors (Lipinski definition) is 3. The third-order valence-corrected chi connectivity index (χ3v) is 3.24. The van der Waals surface area contributed by atoms with E-state index in [1.165, 1.54) is 0 Å². The van der Waals surface area contributed by atoms with Crippen LogP contribution in [-0.2, 0) is 4.74 Å². The standard InChI is InChI=1S/C13H14N2O3/c16-13(17)12-9-5-1-2-6-10(9)15(14-12)11-7-3-4-8-18-11/h1-2,5-6,11H,3-4,7-8H2,(H,16,17). The minimum absolute atomic E-state index is 0.0970. The van der Waals surface area contributed by atoms with Crippen LogP contribution in [0.2, 0.25) is 0 Å². The molecule has 0 aliphatic carbocycles. The normalized spacial score (nSPS) is 20.1. The van der Waals surface area contributed by atoms with Crippen LogP contribution in [0.3, 0.4) is 0 Å². The van der Waals surface area contributed by atoms with Gasteiger partial charge in [-0.2, -0.15) is 5.10 Å². The van der Waals surface area contributed by atoms with Crippen molar-refractivity contribution in [2.75, 3.05) is 6.61 Å². The molecule has 2 heterocycles. The predicted octanol–water partition coefficient (Wildman–Crippen LogP) is 2.43. The van der Waals surface area contributed by atoms with Crippen molar-refractivity contribution in [3.8, 4) is 0 Å². The molecule has 94 valence electrons. The first-order valence-electron chi connectivity index (χ1n) is 6.09. The zero-order valence-electron chi connectivity index (χ0n) is 9.87. The lowest BCUT2D eigenvalue weighted by molar-refractivity contribution is -0.0368. The van der Waals surface area contributed by atoms with Gasteiger partial charge in [-0.3, -0.25) is 0 Å². The lowest BCUT2D eigenvalue weighted by atomic mass is 10.2. The number of carbonyl (C=O) groups is 1. The van der Waals surface area contributed by atoms with E-state index in [4.69, 9.17) is 4.74 Å². The fraction of sp³-hybridized carbons (Fsp3) is 0.385. The number of aromatic nitrogens is 2. The summed E-state index contributed by atoms with van der Waals surface area (Å²) >= 11 is 0. The van der Waals surface area contributed by atoms with Gasteiger partial charge in [-0.05, 0) is 25.3 Å². The lowest BCUT2D eigenvalue weighted by Gasteiger charge is -2.23. The molecular weight excluding hydrogens is 232 g/mol. The van der Waals surface area contributed by atoms with Crippen molar-refractivity contribution in [1.29, 1.82) is 0 Å². The number of aromatic carboxylic acids is 1. The van der Waals surface area contributed by atoms with Crippen molar-refractivity contribution in [3.05, 3.63) is 30.0 Å². The minimum atomic E-state index is -0.999. The lowest BCUT2D eigenvalue weighted by Crippen LogP contribution is -2.19. The second-order valence-corrected chi connectivity index (χ2v) is 4.44. The zero-order chi connectivity index (χ0) is 12.5. The molecule has 0 bridgehead atoms. The first-order chi connectivity index (χ1) is 8.77. The molecule has 1 aromatic carbocycles. The number of rotatable bonds is 2. The smallest absolute Gasteiger partial charge is 0.357 e. The molecule has 1 fully saturated rings. The molecule has 5 nitrogen and oxygen atoms in total. The van der Waals surface area contributed by atoms with E-state index in [1.807, 2.05) is 18.2 Å². The third kappa shape index (κ3) is 1.76. The topological polar surface area (TPSA) is 64.3 Å². The van der Waals surface area contributed by atoms with Crippen LogP contribution in [0.4, 0.5) is 0 Å². The van der Waals surface area contributed by atoms with Crippen molar-refractivity contribution in [3.63, 3.8) is 0 Å². The monoisotopic (exact) mass is 246 g/mol. The van der Waals surface area contributed by atoms with Crippen LogP contribution in [0.5, 0.6) is 0 Å². The summed E-state index contributed by atoms with van der Waals surface area (Å²) < 4.78 is 7.38. The summed E-state index contributed by atoms with van der Waals surface area (Å²) in [7, 11) is 0. The van der Waals surface area contributed by atoms with Gasteiger partial charge in [0.05, 0.1) is 5.52 Å². The summed E-state index contributed by atoms with van der Waals surface area (Å²) in [5, 5.41) is 14.0. The van der Waals surface area contributed by atoms with Crippen LogP contribution in [0.25, 0.3) is 10.9 Å². The molecule has 1 N–H and O–H groups in total. The molecule has 0 radical (unpaired) electrons. The Kier molecular flexibility index (Phi) is 2.76. The molecule has 1 saturated heterocycles. The molecule has 1 aromatic heterocycles. The number of nitrogens with zero attached hydrogens (tertiary/aromatic N) is 2. The molecule has 1 aliphatic rings. The van der Waals surface area contributed by atoms with Gasteiger partial charge in [-0.1, -0.05) is 18.2 Å². The Morgan fingerprint density at radius 3 is 2.94 bits per heavy atom. The number of carboxylic acid groups (broad SMARTS) is 1. The molecule has 1 unspecified atom stereocenters. The van der Waals surface area contributed by atoms with Crippen LogP contribution >= 0.6 is 0 Å². The van der Waals surface area contributed by atoms with Crippen molar-refractivity contribution in [2.45, 2.75) is 25.5 Å². The molecule has 0 amide bonds. The van der Waals surface area contributed by atoms with Crippen LogP contribution in [-0.4, -0.2) is 27.5 Å². The largest absolute Gasteiger partial charge is 0.476 e. The SMILES string of the molecule is O=C(O)c1nn(C2CCCCO2)c2ccccc12. The zero-order valence-corrected chi connectivity index (χ0v) is 9.87. The van der Waals surface area contributed by atoms with Gasteiger partial charge in [0.2, 0.25) is 0 Å². The van der Waals surface area contributed by atoms with Gasteiger partial charge in [0.25, 0.3) is 0 Å². The van der Waals surface area contributed by atoms with Crippen LogP contribution in [0.15, 0.2) is 24.3 Å². The van der Waals surface area contributed by atoms with Crippen LogP contribution in [0, 0.1) is 0 Å². The average molecular weight is 246 g/mol. The molecule has 18 heavy (non-hydrogen) atoms. The Hall–Kier alpha value is -1.88. The molecule has 3 rings (SSSR count). The molecule has 1 atom stereocenters. The van der Waals surface area contributed by atoms with E-state index in [0.717, 1.165) is 24.8 Å². The summed E-state index contributed by atoms with van der Waals surface area (Å²) in [6.07, 6.45) is 2.88. The molecule has 0 spiro atoms. The summed E-state index contributed by atoms with van der Waals surface area (Å²) in [5.74, 6) is -0.999. The van der Waals surface area contributed by atoms with E-state index in [2.05, 4.69) is 5.10 Å². The number of fused-ring (bicyclic) bond motifs is 1. The van der Waals surface area contributed by atoms with Crippen LogP contribution in [0.1, 0.15) is 36.0 Å². The third-order valence-electron chi connectivity index (χ3n) is 3.24. The van der Waals surface area contributed by atoms with Crippen molar-refractivity contribution < 1.29 is 14.6 Å². The molecule has 5 heteroatoms. The molecular formula is C13H14N2O3. The van der Waals surface area contributed by atoms with Gasteiger partial charge in [0.1, 0.15) is 0 Å². The van der Waals surface area contributed by atoms with E-state index in [0.29, 0.717) is 12.0 Å². The van der Waals surface area contributed by atoms with Crippen LogP contribution < -0.4 is 0 Å². The highest BCUT2D eigenvalue weighted by Gasteiger charge is 2.22. The Balaban J connectivity index is 2.13.